The van der Waals surface area contributed by atoms with Crippen LogP contribution in [-0.4, -0.2) is 20.4 Å². The maximum Gasteiger partial charge on any atom is 0.241 e. The summed E-state index contributed by atoms with van der Waals surface area (Å²) in [6, 6.07) is 21.8. The molecule has 0 saturated carbocycles. The summed E-state index contributed by atoms with van der Waals surface area (Å²) < 4.78 is 40.3. The maximum atomic E-state index is 13.1. The van der Waals surface area contributed by atoms with Crippen molar-refractivity contribution >= 4 is 15.9 Å². The maximum absolute atomic E-state index is 13.1. The molecule has 0 radical (unpaired) electrons. The van der Waals surface area contributed by atoms with E-state index in [-0.39, 0.29) is 4.90 Å². The van der Waals surface area contributed by atoms with Gasteiger partial charge in [-0.05, 0) is 42.3 Å². The van der Waals surface area contributed by atoms with Crippen molar-refractivity contribution in [2.45, 2.75) is 23.9 Å². The van der Waals surface area contributed by atoms with E-state index in [1.807, 2.05) is 60.7 Å². The molecule has 1 atom stereocenters. The van der Waals surface area contributed by atoms with Crippen LogP contribution in [0.1, 0.15) is 24.1 Å². The second-order valence-electron chi connectivity index (χ2n) is 6.56. The topological polar surface area (TPSA) is 75.3 Å². The summed E-state index contributed by atoms with van der Waals surface area (Å²) in [4.78, 5) is 12.7. The van der Waals surface area contributed by atoms with Crippen molar-refractivity contribution in [2.75, 3.05) is 0 Å². The molecule has 0 aliphatic heterocycles. The minimum absolute atomic E-state index is 0.110. The Labute approximate surface area is 169 Å². The first kappa shape index (κ1) is 20.7. The van der Waals surface area contributed by atoms with Crippen LogP contribution in [0.5, 0.6) is 0 Å². The van der Waals surface area contributed by atoms with Gasteiger partial charge in [-0.3, -0.25) is 4.79 Å². The summed E-state index contributed by atoms with van der Waals surface area (Å²) in [7, 11) is -3.96. The van der Waals surface area contributed by atoms with Gasteiger partial charge in [0.1, 0.15) is 5.82 Å². The van der Waals surface area contributed by atoms with Crippen molar-refractivity contribution in [3.63, 3.8) is 0 Å². The fourth-order valence-corrected chi connectivity index (χ4v) is 4.09. The van der Waals surface area contributed by atoms with Crippen molar-refractivity contribution in [1.29, 1.82) is 0 Å². The average molecular weight is 412 g/mol. The summed E-state index contributed by atoms with van der Waals surface area (Å²) in [5.41, 5.74) is 1.75. The molecule has 1 amide bonds. The minimum atomic E-state index is -3.96. The van der Waals surface area contributed by atoms with Crippen LogP contribution in [0.15, 0.2) is 89.8 Å². The molecule has 0 bridgehead atoms. The third kappa shape index (κ3) is 5.28. The average Bonchev–Trinajstić information content (AvgIpc) is 2.73. The van der Waals surface area contributed by atoms with Crippen molar-refractivity contribution < 1.29 is 17.6 Å². The Morgan fingerprint density at radius 2 is 1.31 bits per heavy atom. The predicted octanol–water partition coefficient (Wildman–Crippen LogP) is 3.40. The Hall–Kier alpha value is -3.03. The highest BCUT2D eigenvalue weighted by Gasteiger charge is 2.25. The van der Waals surface area contributed by atoms with E-state index in [4.69, 9.17) is 0 Å². The third-order valence-electron chi connectivity index (χ3n) is 4.40. The van der Waals surface area contributed by atoms with Crippen molar-refractivity contribution in [2.24, 2.45) is 0 Å². The molecule has 29 heavy (non-hydrogen) atoms. The summed E-state index contributed by atoms with van der Waals surface area (Å²) in [5, 5.41) is 2.91. The molecule has 0 aromatic heterocycles. The van der Waals surface area contributed by atoms with Gasteiger partial charge in [-0.2, -0.15) is 4.72 Å². The first-order valence-corrected chi connectivity index (χ1v) is 10.5. The number of rotatable bonds is 7. The second kappa shape index (κ2) is 8.98. The number of halogens is 1. The highest BCUT2D eigenvalue weighted by atomic mass is 32.2. The van der Waals surface area contributed by atoms with Gasteiger partial charge in [0.15, 0.2) is 0 Å². The van der Waals surface area contributed by atoms with Gasteiger partial charge in [-0.15, -0.1) is 0 Å². The van der Waals surface area contributed by atoms with Crippen LogP contribution < -0.4 is 10.0 Å². The van der Waals surface area contributed by atoms with Crippen LogP contribution in [0.2, 0.25) is 0 Å². The summed E-state index contributed by atoms with van der Waals surface area (Å²) in [6.07, 6.45) is 0. The molecule has 150 valence electrons. The number of nitrogens with one attached hydrogen (secondary N) is 2. The van der Waals surface area contributed by atoms with Gasteiger partial charge in [0.2, 0.25) is 15.9 Å². The molecule has 7 heteroatoms. The molecule has 2 N–H and O–H groups in total. The highest BCUT2D eigenvalue weighted by Crippen LogP contribution is 2.22. The standard InChI is InChI=1S/C22H21FN2O3S/c1-16(25-29(27,28)20-14-12-19(23)13-15-20)22(26)24-21(17-8-4-2-5-9-17)18-10-6-3-7-11-18/h2-16,21,25H,1H3,(H,24,26)/t16-/m0/s1. The molecular formula is C22H21FN2O3S. The Kier molecular flexibility index (Phi) is 6.41. The monoisotopic (exact) mass is 412 g/mol. The van der Waals surface area contributed by atoms with Crippen LogP contribution in [-0.2, 0) is 14.8 Å². The number of carbonyl (C=O) groups excluding carboxylic acids is 1. The minimum Gasteiger partial charge on any atom is -0.344 e. The molecule has 3 aromatic rings. The van der Waals surface area contributed by atoms with Gasteiger partial charge in [0.05, 0.1) is 17.0 Å². The van der Waals surface area contributed by atoms with Crippen LogP contribution in [0.25, 0.3) is 0 Å². The van der Waals surface area contributed by atoms with E-state index in [9.17, 15) is 17.6 Å². The Morgan fingerprint density at radius 1 is 0.828 bits per heavy atom. The lowest BCUT2D eigenvalue weighted by Gasteiger charge is -2.22. The summed E-state index contributed by atoms with van der Waals surface area (Å²) in [5.74, 6) is -1.02. The quantitative estimate of drug-likeness (QED) is 0.625. The van der Waals surface area contributed by atoms with E-state index < -0.39 is 33.8 Å². The largest absolute Gasteiger partial charge is 0.344 e. The molecule has 0 unspecified atom stereocenters. The molecule has 3 aromatic carbocycles. The zero-order chi connectivity index (χ0) is 20.9. The van der Waals surface area contributed by atoms with Gasteiger partial charge in [0.25, 0.3) is 0 Å². The summed E-state index contributed by atoms with van der Waals surface area (Å²) in [6.45, 7) is 1.46. The van der Waals surface area contributed by atoms with Crippen LogP contribution in [0.3, 0.4) is 0 Å². The van der Waals surface area contributed by atoms with Crippen LogP contribution in [0, 0.1) is 5.82 Å². The van der Waals surface area contributed by atoms with E-state index in [0.717, 1.165) is 35.4 Å². The fraction of sp³-hybridized carbons (Fsp3) is 0.136. The number of amides is 1. The van der Waals surface area contributed by atoms with Crippen molar-refractivity contribution in [3.05, 3.63) is 102 Å². The van der Waals surface area contributed by atoms with Gasteiger partial charge in [-0.1, -0.05) is 60.7 Å². The van der Waals surface area contributed by atoms with E-state index in [0.29, 0.717) is 0 Å². The molecule has 0 aliphatic rings. The number of carbonyl (C=O) groups is 1. The van der Waals surface area contributed by atoms with Crippen molar-refractivity contribution in [3.8, 4) is 0 Å². The lowest BCUT2D eigenvalue weighted by atomic mass is 9.98. The van der Waals surface area contributed by atoms with Gasteiger partial charge in [-0.25, -0.2) is 12.8 Å². The molecule has 0 spiro atoms. The zero-order valence-electron chi connectivity index (χ0n) is 15.7. The Balaban J connectivity index is 1.78. The van der Waals surface area contributed by atoms with E-state index >= 15 is 0 Å². The van der Waals surface area contributed by atoms with Gasteiger partial charge in [0, 0.05) is 0 Å². The van der Waals surface area contributed by atoms with E-state index in [1.54, 1.807) is 0 Å². The first-order valence-electron chi connectivity index (χ1n) is 9.05. The van der Waals surface area contributed by atoms with Crippen LogP contribution >= 0.6 is 0 Å². The predicted molar refractivity (Wildman–Crippen MR) is 109 cm³/mol. The smallest absolute Gasteiger partial charge is 0.241 e. The molecule has 5 nitrogen and oxygen atoms in total. The molecule has 3 rings (SSSR count). The highest BCUT2D eigenvalue weighted by molar-refractivity contribution is 7.89. The zero-order valence-corrected chi connectivity index (χ0v) is 16.6. The fourth-order valence-electron chi connectivity index (χ4n) is 2.89. The molecule has 0 aliphatic carbocycles. The van der Waals surface area contributed by atoms with Crippen LogP contribution in [0.4, 0.5) is 4.39 Å². The molecule has 0 fully saturated rings. The third-order valence-corrected chi connectivity index (χ3v) is 5.96. The first-order chi connectivity index (χ1) is 13.9. The lowest BCUT2D eigenvalue weighted by molar-refractivity contribution is -0.122. The molecule has 0 saturated heterocycles. The van der Waals surface area contributed by atoms with E-state index in [1.165, 1.54) is 6.92 Å². The SMILES string of the molecule is C[C@H](NS(=O)(=O)c1ccc(F)cc1)C(=O)NC(c1ccccc1)c1ccccc1. The van der Waals surface area contributed by atoms with Crippen molar-refractivity contribution in [1.82, 2.24) is 10.0 Å². The van der Waals surface area contributed by atoms with Gasteiger partial charge < -0.3 is 5.32 Å². The van der Waals surface area contributed by atoms with E-state index in [2.05, 4.69) is 10.0 Å². The van der Waals surface area contributed by atoms with Gasteiger partial charge >= 0.3 is 0 Å². The molecular weight excluding hydrogens is 391 g/mol. The number of sulfonamides is 1. The number of hydrogen-bond acceptors (Lipinski definition) is 3. The number of benzene rings is 3. The lowest BCUT2D eigenvalue weighted by Crippen LogP contribution is -2.46. The number of hydrogen-bond donors (Lipinski definition) is 2. The second-order valence-corrected chi connectivity index (χ2v) is 8.27. The Bertz CT molecular complexity index is 1020. The molecule has 0 heterocycles. The normalized spacial score (nSPS) is 12.5. The summed E-state index contributed by atoms with van der Waals surface area (Å²) >= 11 is 0. The Morgan fingerprint density at radius 3 is 1.79 bits per heavy atom.